The van der Waals surface area contributed by atoms with Crippen molar-refractivity contribution in [2.24, 2.45) is 0 Å². The van der Waals surface area contributed by atoms with Crippen molar-refractivity contribution in [3.63, 3.8) is 0 Å². The van der Waals surface area contributed by atoms with Gasteiger partial charge in [0.15, 0.2) is 5.78 Å². The van der Waals surface area contributed by atoms with E-state index in [1.165, 1.54) is 12.0 Å². The summed E-state index contributed by atoms with van der Waals surface area (Å²) in [5.74, 6) is -0.0650. The molecule has 1 aliphatic heterocycles. The second-order valence-corrected chi connectivity index (χ2v) is 7.39. The zero-order chi connectivity index (χ0) is 16.4. The maximum atomic E-state index is 12.6. The smallest absolute Gasteiger partial charge is 0.408 e. The number of carbonyl (C=O) groups excluding carboxylic acids is 2. The van der Waals surface area contributed by atoms with E-state index in [0.717, 1.165) is 19.3 Å². The quantitative estimate of drug-likeness (QED) is 0.626. The zero-order valence-electron chi connectivity index (χ0n) is 14.0. The van der Waals surface area contributed by atoms with Crippen LogP contribution in [-0.4, -0.2) is 35.7 Å². The summed E-state index contributed by atoms with van der Waals surface area (Å²) in [5, 5.41) is 2.74. The first kappa shape index (κ1) is 17.0. The fraction of sp³-hybridized carbons (Fsp3) is 0.765. The predicted molar refractivity (Wildman–Crippen MR) is 83.7 cm³/mol. The molecule has 0 saturated carbocycles. The Morgan fingerprint density at radius 3 is 2.59 bits per heavy atom. The standard InChI is InChI=1S/C17H27NO4/c1-16(2,3)22-15(20)18-13(14(19)17(4)11-21-17)10-12-8-6-5-7-9-12/h8,13H,5-7,9-11H2,1-4H3,(H,18,20)/t13-,17+/m0/s1. The first-order valence-corrected chi connectivity index (χ1v) is 8.05. The topological polar surface area (TPSA) is 67.9 Å². The van der Waals surface area contributed by atoms with Gasteiger partial charge in [0.2, 0.25) is 0 Å². The van der Waals surface area contributed by atoms with E-state index in [4.69, 9.17) is 9.47 Å². The third-order valence-electron chi connectivity index (χ3n) is 3.96. The largest absolute Gasteiger partial charge is 0.444 e. The summed E-state index contributed by atoms with van der Waals surface area (Å²) < 4.78 is 10.5. The van der Waals surface area contributed by atoms with Gasteiger partial charge in [-0.05, 0) is 59.8 Å². The van der Waals surface area contributed by atoms with E-state index in [1.54, 1.807) is 27.7 Å². The average Bonchev–Trinajstić information content (AvgIpc) is 3.15. The summed E-state index contributed by atoms with van der Waals surface area (Å²) in [4.78, 5) is 24.6. The molecule has 1 N–H and O–H groups in total. The van der Waals surface area contributed by atoms with Crippen LogP contribution in [0.1, 0.15) is 59.8 Å². The van der Waals surface area contributed by atoms with E-state index < -0.39 is 23.3 Å². The Morgan fingerprint density at radius 1 is 1.41 bits per heavy atom. The van der Waals surface area contributed by atoms with Gasteiger partial charge < -0.3 is 14.8 Å². The molecule has 0 unspecified atom stereocenters. The number of allylic oxidation sites excluding steroid dienone is 1. The van der Waals surface area contributed by atoms with Crippen LogP contribution in [0, 0.1) is 0 Å². The lowest BCUT2D eigenvalue weighted by atomic mass is 9.90. The highest BCUT2D eigenvalue weighted by Crippen LogP contribution is 2.31. The van der Waals surface area contributed by atoms with Gasteiger partial charge in [-0.25, -0.2) is 4.79 Å². The Bertz CT molecular complexity index is 472. The molecule has 22 heavy (non-hydrogen) atoms. The van der Waals surface area contributed by atoms with E-state index in [9.17, 15) is 9.59 Å². The number of carbonyl (C=O) groups is 2. The third kappa shape index (κ3) is 4.83. The highest BCUT2D eigenvalue weighted by molar-refractivity contribution is 5.96. The van der Waals surface area contributed by atoms with E-state index in [1.807, 2.05) is 0 Å². The highest BCUT2D eigenvalue weighted by Gasteiger charge is 2.50. The van der Waals surface area contributed by atoms with E-state index >= 15 is 0 Å². The number of hydrogen-bond donors (Lipinski definition) is 1. The van der Waals surface area contributed by atoms with Gasteiger partial charge in [0, 0.05) is 0 Å². The van der Waals surface area contributed by atoms with Crippen LogP contribution in [0.2, 0.25) is 0 Å². The molecule has 1 amide bonds. The summed E-state index contributed by atoms with van der Waals surface area (Å²) in [5.41, 5.74) is -0.0821. The van der Waals surface area contributed by atoms with E-state index in [-0.39, 0.29) is 5.78 Å². The summed E-state index contributed by atoms with van der Waals surface area (Å²) in [6.45, 7) is 7.61. The van der Waals surface area contributed by atoms with Crippen LogP contribution >= 0.6 is 0 Å². The molecule has 0 aromatic heterocycles. The Morgan fingerprint density at radius 2 is 2.09 bits per heavy atom. The number of nitrogens with one attached hydrogen (secondary N) is 1. The van der Waals surface area contributed by atoms with Crippen LogP contribution < -0.4 is 5.32 Å². The lowest BCUT2D eigenvalue weighted by Crippen LogP contribution is -2.47. The molecule has 2 rings (SSSR count). The Labute approximate surface area is 132 Å². The Balaban J connectivity index is 2.02. The maximum Gasteiger partial charge on any atom is 0.408 e. The first-order valence-electron chi connectivity index (χ1n) is 8.05. The third-order valence-corrected chi connectivity index (χ3v) is 3.96. The molecular weight excluding hydrogens is 282 g/mol. The fourth-order valence-corrected chi connectivity index (χ4v) is 2.63. The minimum Gasteiger partial charge on any atom is -0.444 e. The maximum absolute atomic E-state index is 12.6. The van der Waals surface area contributed by atoms with Gasteiger partial charge in [-0.15, -0.1) is 0 Å². The number of alkyl carbamates (subject to hydrolysis) is 1. The summed E-state index contributed by atoms with van der Waals surface area (Å²) in [6.07, 6.45) is 6.59. The van der Waals surface area contributed by atoms with Crippen molar-refractivity contribution < 1.29 is 19.1 Å². The van der Waals surface area contributed by atoms with Crippen molar-refractivity contribution in [3.8, 4) is 0 Å². The molecule has 0 radical (unpaired) electrons. The number of amides is 1. The lowest BCUT2D eigenvalue weighted by molar-refractivity contribution is -0.125. The second kappa shape index (κ2) is 6.41. The van der Waals surface area contributed by atoms with Gasteiger partial charge in [0.1, 0.15) is 11.2 Å². The van der Waals surface area contributed by atoms with Crippen molar-refractivity contribution in [1.29, 1.82) is 0 Å². The van der Waals surface area contributed by atoms with Gasteiger partial charge in [0.25, 0.3) is 0 Å². The number of ketones is 1. The molecule has 5 nitrogen and oxygen atoms in total. The normalized spacial score (nSPS) is 25.9. The van der Waals surface area contributed by atoms with Gasteiger partial charge >= 0.3 is 6.09 Å². The van der Waals surface area contributed by atoms with Crippen molar-refractivity contribution in [1.82, 2.24) is 5.32 Å². The monoisotopic (exact) mass is 309 g/mol. The number of hydrogen-bond acceptors (Lipinski definition) is 4. The second-order valence-electron chi connectivity index (χ2n) is 7.39. The van der Waals surface area contributed by atoms with E-state index in [0.29, 0.717) is 13.0 Å². The number of rotatable bonds is 5. The Hall–Kier alpha value is -1.36. The molecule has 124 valence electrons. The Kier molecular flexibility index (Phi) is 4.95. The van der Waals surface area contributed by atoms with Crippen molar-refractivity contribution >= 4 is 11.9 Å². The molecular formula is C17H27NO4. The molecule has 1 saturated heterocycles. The van der Waals surface area contributed by atoms with Crippen LogP contribution in [0.3, 0.4) is 0 Å². The van der Waals surface area contributed by atoms with Crippen molar-refractivity contribution in [2.45, 2.75) is 77.0 Å². The minimum atomic E-state index is -0.741. The summed E-state index contributed by atoms with van der Waals surface area (Å²) >= 11 is 0. The molecule has 1 fully saturated rings. The number of Topliss-reactive ketones (excluding diaryl/α,β-unsaturated/α-hetero) is 1. The molecule has 0 aromatic rings. The number of ether oxygens (including phenoxy) is 2. The van der Waals surface area contributed by atoms with Crippen LogP contribution in [0.25, 0.3) is 0 Å². The summed E-state index contributed by atoms with van der Waals surface area (Å²) in [7, 11) is 0. The average molecular weight is 309 g/mol. The molecule has 5 heteroatoms. The molecule has 1 aliphatic carbocycles. The molecule has 1 heterocycles. The van der Waals surface area contributed by atoms with Gasteiger partial charge in [-0.3, -0.25) is 4.79 Å². The lowest BCUT2D eigenvalue weighted by Gasteiger charge is -2.25. The van der Waals surface area contributed by atoms with Crippen LogP contribution in [0.5, 0.6) is 0 Å². The minimum absolute atomic E-state index is 0.0650. The van der Waals surface area contributed by atoms with Crippen molar-refractivity contribution in [3.05, 3.63) is 11.6 Å². The predicted octanol–water partition coefficient (Wildman–Crippen LogP) is 3.13. The first-order chi connectivity index (χ1) is 10.2. The number of epoxide rings is 1. The van der Waals surface area contributed by atoms with Gasteiger partial charge in [-0.1, -0.05) is 11.6 Å². The van der Waals surface area contributed by atoms with Crippen molar-refractivity contribution in [2.75, 3.05) is 6.61 Å². The fourth-order valence-electron chi connectivity index (χ4n) is 2.63. The van der Waals surface area contributed by atoms with Crippen LogP contribution in [0.4, 0.5) is 4.79 Å². The highest BCUT2D eigenvalue weighted by atomic mass is 16.6. The van der Waals surface area contributed by atoms with E-state index in [2.05, 4.69) is 11.4 Å². The zero-order valence-corrected chi connectivity index (χ0v) is 14.0. The summed E-state index contributed by atoms with van der Waals surface area (Å²) in [6, 6.07) is -0.577. The van der Waals surface area contributed by atoms with Gasteiger partial charge in [0.05, 0.1) is 12.6 Å². The van der Waals surface area contributed by atoms with Crippen LogP contribution in [-0.2, 0) is 14.3 Å². The van der Waals surface area contributed by atoms with Gasteiger partial charge in [-0.2, -0.15) is 0 Å². The molecule has 0 spiro atoms. The molecule has 2 aliphatic rings. The molecule has 2 atom stereocenters. The van der Waals surface area contributed by atoms with Crippen LogP contribution in [0.15, 0.2) is 11.6 Å². The molecule has 0 aromatic carbocycles. The SMILES string of the molecule is CC(C)(C)OC(=O)N[C@@H](CC1=CCCCC1)C(=O)[C@@]1(C)CO1. The molecule has 0 bridgehead atoms.